The maximum atomic E-state index is 12.5. The van der Waals surface area contributed by atoms with E-state index in [4.69, 9.17) is 4.74 Å². The van der Waals surface area contributed by atoms with Crippen molar-refractivity contribution in [2.24, 2.45) is 5.92 Å². The second kappa shape index (κ2) is 8.63. The molecule has 0 bridgehead atoms. The molecule has 1 saturated heterocycles. The lowest BCUT2D eigenvalue weighted by atomic mass is 9.97. The number of rotatable bonds is 5. The van der Waals surface area contributed by atoms with Gasteiger partial charge in [-0.1, -0.05) is 48.5 Å². The molecule has 5 nitrogen and oxygen atoms in total. The van der Waals surface area contributed by atoms with Crippen molar-refractivity contribution >= 4 is 17.6 Å². The topological polar surface area (TPSA) is 59.8 Å². The van der Waals surface area contributed by atoms with Crippen LogP contribution in [0.15, 0.2) is 54.6 Å². The minimum absolute atomic E-state index is 0.0000934. The second-order valence-electron chi connectivity index (χ2n) is 6.68. The number of benzene rings is 2. The first-order chi connectivity index (χ1) is 12.7. The van der Waals surface area contributed by atoms with Gasteiger partial charge in [-0.05, 0) is 11.6 Å². The Bertz CT molecular complexity index is 753. The summed E-state index contributed by atoms with van der Waals surface area (Å²) >= 11 is 0. The Kier molecular flexibility index (Phi) is 6.02. The number of likely N-dealkylation sites (tertiary alicyclic amines) is 1. The van der Waals surface area contributed by atoms with Gasteiger partial charge >= 0.3 is 5.97 Å². The summed E-state index contributed by atoms with van der Waals surface area (Å²) in [6.07, 6.45) is 1.55. The SMILES string of the molecule is COC(=O)C1CC[NH+](CC(=O)Nc2ccccc2-c2ccccc2)CC1. The molecule has 0 atom stereocenters. The average molecular weight is 353 g/mol. The number of anilines is 1. The number of para-hydroxylation sites is 1. The van der Waals surface area contributed by atoms with Crippen molar-refractivity contribution in [3.8, 4) is 11.1 Å². The molecule has 3 rings (SSSR count). The molecule has 0 saturated carbocycles. The summed E-state index contributed by atoms with van der Waals surface area (Å²) in [5.74, 6) is -0.157. The van der Waals surface area contributed by atoms with Crippen molar-refractivity contribution in [1.82, 2.24) is 0 Å². The minimum Gasteiger partial charge on any atom is -0.469 e. The third kappa shape index (κ3) is 4.49. The largest absolute Gasteiger partial charge is 0.469 e. The maximum absolute atomic E-state index is 12.5. The van der Waals surface area contributed by atoms with Crippen LogP contribution in [-0.4, -0.2) is 38.6 Å². The first kappa shape index (κ1) is 18.1. The molecule has 1 fully saturated rings. The highest BCUT2D eigenvalue weighted by molar-refractivity contribution is 5.96. The molecule has 0 spiro atoms. The Labute approximate surface area is 154 Å². The normalized spacial score (nSPS) is 19.6. The van der Waals surface area contributed by atoms with Crippen molar-refractivity contribution in [1.29, 1.82) is 0 Å². The molecule has 1 amide bonds. The van der Waals surface area contributed by atoms with Crippen molar-refractivity contribution in [2.75, 3.05) is 32.1 Å². The van der Waals surface area contributed by atoms with Crippen LogP contribution in [0.4, 0.5) is 5.69 Å². The molecule has 1 aliphatic rings. The number of quaternary nitrogens is 1. The van der Waals surface area contributed by atoms with Gasteiger partial charge in [-0.2, -0.15) is 0 Å². The first-order valence-corrected chi connectivity index (χ1v) is 9.03. The fourth-order valence-electron chi connectivity index (χ4n) is 3.49. The Morgan fingerprint density at radius 1 is 1.04 bits per heavy atom. The van der Waals surface area contributed by atoms with Gasteiger partial charge in [0.2, 0.25) is 0 Å². The lowest BCUT2D eigenvalue weighted by Gasteiger charge is -2.27. The Hall–Kier alpha value is -2.66. The highest BCUT2D eigenvalue weighted by Gasteiger charge is 2.29. The first-order valence-electron chi connectivity index (χ1n) is 9.03. The molecule has 0 aromatic heterocycles. The van der Waals surface area contributed by atoms with E-state index in [9.17, 15) is 9.59 Å². The zero-order valence-corrected chi connectivity index (χ0v) is 15.0. The van der Waals surface area contributed by atoms with E-state index in [1.54, 1.807) is 0 Å². The monoisotopic (exact) mass is 353 g/mol. The van der Waals surface area contributed by atoms with E-state index in [0.29, 0.717) is 6.54 Å². The highest BCUT2D eigenvalue weighted by atomic mass is 16.5. The summed E-state index contributed by atoms with van der Waals surface area (Å²) in [5.41, 5.74) is 2.92. The van der Waals surface area contributed by atoms with E-state index in [0.717, 1.165) is 42.7 Å². The number of ether oxygens (including phenoxy) is 1. The molecule has 136 valence electrons. The van der Waals surface area contributed by atoms with E-state index in [-0.39, 0.29) is 17.8 Å². The number of piperidine rings is 1. The van der Waals surface area contributed by atoms with Gasteiger partial charge in [-0.25, -0.2) is 0 Å². The molecule has 1 heterocycles. The minimum atomic E-state index is -0.134. The molecule has 0 aliphatic carbocycles. The van der Waals surface area contributed by atoms with Gasteiger partial charge in [0.1, 0.15) is 0 Å². The van der Waals surface area contributed by atoms with Crippen LogP contribution >= 0.6 is 0 Å². The van der Waals surface area contributed by atoms with Crippen molar-refractivity contribution in [2.45, 2.75) is 12.8 Å². The smallest absolute Gasteiger partial charge is 0.309 e. The lowest BCUT2D eigenvalue weighted by Crippen LogP contribution is -3.14. The van der Waals surface area contributed by atoms with Crippen molar-refractivity contribution < 1.29 is 19.2 Å². The summed E-state index contributed by atoms with van der Waals surface area (Å²) in [4.78, 5) is 25.3. The molecule has 2 aromatic carbocycles. The standard InChI is InChI=1S/C21H24N2O3/c1-26-21(25)17-11-13-23(14-12-17)15-20(24)22-19-10-6-5-9-18(19)16-7-3-2-4-8-16/h2-10,17H,11-15H2,1H3,(H,22,24)/p+1. The number of carbonyl (C=O) groups is 2. The Balaban J connectivity index is 1.59. The zero-order valence-electron chi connectivity index (χ0n) is 15.0. The molecule has 0 radical (unpaired) electrons. The lowest BCUT2D eigenvalue weighted by molar-refractivity contribution is -0.897. The zero-order chi connectivity index (χ0) is 18.4. The van der Waals surface area contributed by atoms with Crippen LogP contribution in [0.2, 0.25) is 0 Å². The number of amides is 1. The maximum Gasteiger partial charge on any atom is 0.309 e. The summed E-state index contributed by atoms with van der Waals surface area (Å²) in [7, 11) is 1.43. The van der Waals surface area contributed by atoms with Crippen LogP contribution < -0.4 is 10.2 Å². The molecule has 5 heteroatoms. The molecule has 2 N–H and O–H groups in total. The number of nitrogens with one attached hydrogen (secondary N) is 2. The van der Waals surface area contributed by atoms with Gasteiger partial charge in [0.15, 0.2) is 6.54 Å². The van der Waals surface area contributed by atoms with Crippen LogP contribution in [-0.2, 0) is 14.3 Å². The molecule has 1 aliphatic heterocycles. The van der Waals surface area contributed by atoms with Crippen LogP contribution in [0.25, 0.3) is 11.1 Å². The molecular formula is C21H25N2O3+. The number of hydrogen-bond acceptors (Lipinski definition) is 3. The molecule has 0 unspecified atom stereocenters. The van der Waals surface area contributed by atoms with Gasteiger partial charge in [0, 0.05) is 24.1 Å². The van der Waals surface area contributed by atoms with E-state index < -0.39 is 0 Å². The predicted molar refractivity (Wildman–Crippen MR) is 101 cm³/mol. The van der Waals surface area contributed by atoms with Gasteiger partial charge in [-0.15, -0.1) is 0 Å². The fraction of sp³-hybridized carbons (Fsp3) is 0.333. The van der Waals surface area contributed by atoms with Crippen LogP contribution in [0.3, 0.4) is 0 Å². The quantitative estimate of drug-likeness (QED) is 0.806. The van der Waals surface area contributed by atoms with Gasteiger partial charge < -0.3 is 15.0 Å². The highest BCUT2D eigenvalue weighted by Crippen LogP contribution is 2.27. The van der Waals surface area contributed by atoms with E-state index in [2.05, 4.69) is 5.32 Å². The summed E-state index contributed by atoms with van der Waals surface area (Å²) in [5, 5.41) is 3.05. The summed E-state index contributed by atoms with van der Waals surface area (Å²) in [6.45, 7) is 2.04. The van der Waals surface area contributed by atoms with E-state index in [1.165, 1.54) is 12.0 Å². The van der Waals surface area contributed by atoms with Gasteiger partial charge in [-0.3, -0.25) is 9.59 Å². The van der Waals surface area contributed by atoms with E-state index >= 15 is 0 Å². The summed E-state index contributed by atoms with van der Waals surface area (Å²) < 4.78 is 4.81. The van der Waals surface area contributed by atoms with Crippen LogP contribution in [0.5, 0.6) is 0 Å². The number of carbonyl (C=O) groups excluding carboxylic acids is 2. The molecule has 26 heavy (non-hydrogen) atoms. The third-order valence-corrected chi connectivity index (χ3v) is 4.92. The van der Waals surface area contributed by atoms with Gasteiger partial charge in [0.25, 0.3) is 5.91 Å². The molecule has 2 aromatic rings. The molecular weight excluding hydrogens is 328 g/mol. The van der Waals surface area contributed by atoms with Crippen molar-refractivity contribution in [3.63, 3.8) is 0 Å². The predicted octanol–water partition coefficient (Wildman–Crippen LogP) is 1.76. The number of hydrogen-bond donors (Lipinski definition) is 2. The Morgan fingerprint density at radius 2 is 1.69 bits per heavy atom. The number of methoxy groups -OCH3 is 1. The van der Waals surface area contributed by atoms with Gasteiger partial charge in [0.05, 0.1) is 26.1 Å². The average Bonchev–Trinajstić information content (AvgIpc) is 2.69. The van der Waals surface area contributed by atoms with Crippen LogP contribution in [0, 0.1) is 5.92 Å². The third-order valence-electron chi connectivity index (χ3n) is 4.92. The van der Waals surface area contributed by atoms with E-state index in [1.807, 2.05) is 54.6 Å². The fourth-order valence-corrected chi connectivity index (χ4v) is 3.49. The van der Waals surface area contributed by atoms with Crippen LogP contribution in [0.1, 0.15) is 12.8 Å². The second-order valence-corrected chi connectivity index (χ2v) is 6.68. The number of esters is 1. The summed E-state index contributed by atoms with van der Waals surface area (Å²) in [6, 6.07) is 17.9. The Morgan fingerprint density at radius 3 is 2.38 bits per heavy atom. The van der Waals surface area contributed by atoms with Crippen molar-refractivity contribution in [3.05, 3.63) is 54.6 Å².